The van der Waals surface area contributed by atoms with Crippen LogP contribution in [-0.2, 0) is 9.84 Å². The van der Waals surface area contributed by atoms with E-state index in [-0.39, 0.29) is 6.04 Å². The molecule has 1 atom stereocenters. The molecule has 4 heteroatoms. The van der Waals surface area contributed by atoms with E-state index in [9.17, 15) is 8.42 Å². The van der Waals surface area contributed by atoms with Gasteiger partial charge in [0.25, 0.3) is 0 Å². The second-order valence-electron chi connectivity index (χ2n) is 4.56. The first-order chi connectivity index (χ1) is 7.05. The zero-order chi connectivity index (χ0) is 11.3. The van der Waals surface area contributed by atoms with Gasteiger partial charge in [-0.05, 0) is 19.9 Å². The highest BCUT2D eigenvalue weighted by Crippen LogP contribution is 2.12. The van der Waals surface area contributed by atoms with Gasteiger partial charge in [-0.25, -0.2) is 8.42 Å². The monoisotopic (exact) mass is 233 g/mol. The van der Waals surface area contributed by atoms with Gasteiger partial charge in [-0.15, -0.1) is 0 Å². The molecule has 0 N–H and O–H groups in total. The van der Waals surface area contributed by atoms with E-state index in [0.29, 0.717) is 11.5 Å². The van der Waals surface area contributed by atoms with E-state index in [1.807, 2.05) is 6.92 Å². The van der Waals surface area contributed by atoms with Crippen molar-refractivity contribution in [1.29, 1.82) is 0 Å². The summed E-state index contributed by atoms with van der Waals surface area (Å²) in [4.78, 5) is 2.32. The highest BCUT2D eigenvalue weighted by Gasteiger charge is 2.27. The van der Waals surface area contributed by atoms with Crippen molar-refractivity contribution < 1.29 is 8.42 Å². The third-order valence-corrected chi connectivity index (χ3v) is 4.90. The molecule has 0 aromatic rings. The second kappa shape index (κ2) is 5.85. The van der Waals surface area contributed by atoms with Gasteiger partial charge in [-0.3, -0.25) is 4.90 Å². The summed E-state index contributed by atoms with van der Waals surface area (Å²) in [6, 6.07) is 0.213. The lowest BCUT2D eigenvalue weighted by Gasteiger charge is -2.33. The maximum Gasteiger partial charge on any atom is 0.153 e. The van der Waals surface area contributed by atoms with Gasteiger partial charge in [0.1, 0.15) is 0 Å². The van der Waals surface area contributed by atoms with Crippen molar-refractivity contribution in [2.45, 2.75) is 45.6 Å². The Hall–Kier alpha value is -0.0900. The molecule has 1 heterocycles. The van der Waals surface area contributed by atoms with Gasteiger partial charge in [0.15, 0.2) is 9.84 Å². The Morgan fingerprint density at radius 1 is 1.27 bits per heavy atom. The Kier molecular flexibility index (Phi) is 5.06. The van der Waals surface area contributed by atoms with E-state index >= 15 is 0 Å². The van der Waals surface area contributed by atoms with Crippen LogP contribution in [0, 0.1) is 0 Å². The first kappa shape index (κ1) is 13.0. The van der Waals surface area contributed by atoms with Crippen LogP contribution in [0.1, 0.15) is 39.5 Å². The largest absolute Gasteiger partial charge is 0.299 e. The van der Waals surface area contributed by atoms with Crippen molar-refractivity contribution in [3.8, 4) is 0 Å². The van der Waals surface area contributed by atoms with Crippen LogP contribution in [0.15, 0.2) is 0 Å². The molecular formula is C11H23NO2S. The van der Waals surface area contributed by atoms with Crippen molar-refractivity contribution in [3.05, 3.63) is 0 Å². The van der Waals surface area contributed by atoms with Crippen LogP contribution in [-0.4, -0.2) is 44.0 Å². The van der Waals surface area contributed by atoms with Crippen molar-refractivity contribution >= 4 is 9.84 Å². The predicted octanol–water partition coefficient (Wildman–Crippen LogP) is 1.69. The van der Waals surface area contributed by atoms with Gasteiger partial charge in [-0.2, -0.15) is 0 Å². The Morgan fingerprint density at radius 3 is 2.60 bits per heavy atom. The van der Waals surface area contributed by atoms with E-state index in [0.717, 1.165) is 13.1 Å². The first-order valence-corrected chi connectivity index (χ1v) is 7.82. The Labute approximate surface area is 93.8 Å². The summed E-state index contributed by atoms with van der Waals surface area (Å²) in [5.74, 6) is 0.700. The molecule has 0 aromatic heterocycles. The number of rotatable bonds is 5. The van der Waals surface area contributed by atoms with Gasteiger partial charge in [0.05, 0.1) is 11.5 Å². The van der Waals surface area contributed by atoms with Crippen LogP contribution in [0.4, 0.5) is 0 Å². The minimum atomic E-state index is -2.74. The number of unbranched alkanes of at least 4 members (excludes halogenated alkanes) is 3. The van der Waals surface area contributed by atoms with Gasteiger partial charge in [-0.1, -0.05) is 26.2 Å². The van der Waals surface area contributed by atoms with Crippen LogP contribution >= 0.6 is 0 Å². The van der Waals surface area contributed by atoms with Gasteiger partial charge < -0.3 is 0 Å². The number of hydrogen-bond donors (Lipinski definition) is 0. The molecule has 0 amide bonds. The SMILES string of the molecule is CCCCCCN1CCS(=O)(=O)C[C@@H]1C. The first-order valence-electron chi connectivity index (χ1n) is 5.99. The Morgan fingerprint density at radius 2 is 2.00 bits per heavy atom. The summed E-state index contributed by atoms with van der Waals surface area (Å²) in [6.45, 7) is 6.03. The molecule has 15 heavy (non-hydrogen) atoms. The van der Waals surface area contributed by atoms with E-state index in [2.05, 4.69) is 11.8 Å². The molecule has 0 spiro atoms. The fourth-order valence-electron chi connectivity index (χ4n) is 2.11. The molecule has 90 valence electrons. The summed E-state index contributed by atoms with van der Waals surface area (Å²) < 4.78 is 22.7. The summed E-state index contributed by atoms with van der Waals surface area (Å²) in [6.07, 6.45) is 5.02. The van der Waals surface area contributed by atoms with Gasteiger partial charge in [0, 0.05) is 12.6 Å². The number of sulfone groups is 1. The average Bonchev–Trinajstić information content (AvgIpc) is 2.14. The van der Waals surface area contributed by atoms with Crippen molar-refractivity contribution in [2.75, 3.05) is 24.6 Å². The zero-order valence-electron chi connectivity index (χ0n) is 9.91. The van der Waals surface area contributed by atoms with Crippen molar-refractivity contribution in [2.24, 2.45) is 0 Å². The zero-order valence-corrected chi connectivity index (χ0v) is 10.7. The van der Waals surface area contributed by atoms with Crippen LogP contribution in [0.5, 0.6) is 0 Å². The maximum absolute atomic E-state index is 11.4. The van der Waals surface area contributed by atoms with Crippen LogP contribution in [0.3, 0.4) is 0 Å². The van der Waals surface area contributed by atoms with Crippen LogP contribution in [0.25, 0.3) is 0 Å². The fraction of sp³-hybridized carbons (Fsp3) is 1.00. The van der Waals surface area contributed by atoms with E-state index in [1.54, 1.807) is 0 Å². The van der Waals surface area contributed by atoms with Crippen LogP contribution in [0.2, 0.25) is 0 Å². The summed E-state index contributed by atoms with van der Waals surface area (Å²) in [5, 5.41) is 0. The number of hydrogen-bond acceptors (Lipinski definition) is 3. The minimum Gasteiger partial charge on any atom is -0.299 e. The topological polar surface area (TPSA) is 37.4 Å². The summed E-state index contributed by atoms with van der Waals surface area (Å²) >= 11 is 0. The normalized spacial score (nSPS) is 26.7. The molecule has 0 aliphatic carbocycles. The summed E-state index contributed by atoms with van der Waals surface area (Å²) in [7, 11) is -2.74. The van der Waals surface area contributed by atoms with E-state index < -0.39 is 9.84 Å². The van der Waals surface area contributed by atoms with Gasteiger partial charge >= 0.3 is 0 Å². The highest BCUT2D eigenvalue weighted by molar-refractivity contribution is 7.91. The molecule has 0 bridgehead atoms. The quantitative estimate of drug-likeness (QED) is 0.678. The lowest BCUT2D eigenvalue weighted by Crippen LogP contribution is -2.47. The van der Waals surface area contributed by atoms with E-state index in [4.69, 9.17) is 0 Å². The average molecular weight is 233 g/mol. The number of nitrogens with zero attached hydrogens (tertiary/aromatic N) is 1. The molecule has 0 aromatic carbocycles. The lowest BCUT2D eigenvalue weighted by molar-refractivity contribution is 0.222. The smallest absolute Gasteiger partial charge is 0.153 e. The Balaban J connectivity index is 2.26. The molecule has 1 rings (SSSR count). The predicted molar refractivity (Wildman–Crippen MR) is 63.8 cm³/mol. The molecule has 1 saturated heterocycles. The molecule has 3 nitrogen and oxygen atoms in total. The molecular weight excluding hydrogens is 210 g/mol. The molecule has 0 saturated carbocycles. The fourth-order valence-corrected chi connectivity index (χ4v) is 3.73. The second-order valence-corrected chi connectivity index (χ2v) is 6.79. The standard InChI is InChI=1S/C11H23NO2S/c1-3-4-5-6-7-12-8-9-15(13,14)10-11(12)2/h11H,3-10H2,1-2H3/t11-/m0/s1. The van der Waals surface area contributed by atoms with E-state index in [1.165, 1.54) is 25.7 Å². The molecule has 0 unspecified atom stereocenters. The highest BCUT2D eigenvalue weighted by atomic mass is 32.2. The minimum absolute atomic E-state index is 0.213. The molecule has 1 fully saturated rings. The molecule has 0 radical (unpaired) electrons. The van der Waals surface area contributed by atoms with Crippen LogP contribution < -0.4 is 0 Å². The lowest BCUT2D eigenvalue weighted by atomic mass is 10.2. The third kappa shape index (κ3) is 4.51. The third-order valence-electron chi connectivity index (χ3n) is 3.11. The van der Waals surface area contributed by atoms with Gasteiger partial charge in [0.2, 0.25) is 0 Å². The summed E-state index contributed by atoms with van der Waals surface area (Å²) in [5.41, 5.74) is 0. The van der Waals surface area contributed by atoms with Crippen molar-refractivity contribution in [3.63, 3.8) is 0 Å². The maximum atomic E-state index is 11.4. The van der Waals surface area contributed by atoms with Crippen molar-refractivity contribution in [1.82, 2.24) is 4.90 Å². The molecule has 1 aliphatic rings. The molecule has 1 aliphatic heterocycles. The Bertz CT molecular complexity index is 274.